The van der Waals surface area contributed by atoms with E-state index in [1.807, 2.05) is 0 Å². The van der Waals surface area contributed by atoms with Gasteiger partial charge in [-0.1, -0.05) is 19.3 Å². The van der Waals surface area contributed by atoms with Gasteiger partial charge in [-0.25, -0.2) is 13.6 Å². The van der Waals surface area contributed by atoms with E-state index in [0.717, 1.165) is 11.3 Å². The minimum atomic E-state index is -5.31. The van der Waals surface area contributed by atoms with Crippen LogP contribution in [0.15, 0.2) is 11.9 Å². The van der Waals surface area contributed by atoms with Gasteiger partial charge in [-0.3, -0.25) is 19.2 Å². The number of rotatable bonds is 11. The van der Waals surface area contributed by atoms with E-state index in [4.69, 9.17) is 0 Å². The van der Waals surface area contributed by atoms with E-state index in [1.54, 1.807) is 5.32 Å². The third-order valence-electron chi connectivity index (χ3n) is 8.96. The van der Waals surface area contributed by atoms with Gasteiger partial charge in [0.05, 0.1) is 18.6 Å². The second-order valence-corrected chi connectivity index (χ2v) is 11.9. The first kappa shape index (κ1) is 33.6. The van der Waals surface area contributed by atoms with Gasteiger partial charge in [0.25, 0.3) is 5.92 Å². The molecule has 2 bridgehead atoms. The smallest absolute Gasteiger partial charge is 0.461 e. The predicted octanol–water partition coefficient (Wildman–Crippen LogP) is 2.67. The molecule has 5 rings (SSSR count). The number of ether oxygens (including phenoxy) is 1. The number of nitrogens with one attached hydrogen (secondary N) is 3. The molecule has 4 amide bonds. The third kappa shape index (κ3) is 7.48. The minimum Gasteiger partial charge on any atom is -0.461 e. The summed E-state index contributed by atoms with van der Waals surface area (Å²) in [6.45, 7) is 1.58. The molecule has 0 aromatic heterocycles. The molecule has 2 aliphatic carbocycles. The lowest BCUT2D eigenvalue weighted by molar-refractivity contribution is -0.196. The van der Waals surface area contributed by atoms with Gasteiger partial charge in [-0.15, -0.1) is 0 Å². The van der Waals surface area contributed by atoms with Crippen LogP contribution >= 0.6 is 0 Å². The highest BCUT2D eigenvalue weighted by Gasteiger charge is 2.61. The summed E-state index contributed by atoms with van der Waals surface area (Å²) in [6, 6.07) is -6.15. The number of fused-ring (bicyclic) bond motifs is 3. The number of alkyl halides is 5. The fraction of sp³-hybridized carbons (Fsp3) is 0.750. The van der Waals surface area contributed by atoms with Crippen LogP contribution in [0.25, 0.3) is 0 Å². The number of amides is 4. The third-order valence-corrected chi connectivity index (χ3v) is 8.96. The number of piperidine rings is 2. The van der Waals surface area contributed by atoms with Crippen LogP contribution in [0, 0.1) is 17.8 Å². The zero-order valence-corrected chi connectivity index (χ0v) is 24.1. The Bertz CT molecular complexity index is 1180. The molecular formula is C28H36F6N4O6. The van der Waals surface area contributed by atoms with Gasteiger partial charge in [0.15, 0.2) is 0 Å². The molecule has 10 nitrogen and oxygen atoms in total. The summed E-state index contributed by atoms with van der Waals surface area (Å²) in [7, 11) is 0. The fourth-order valence-electron chi connectivity index (χ4n) is 6.59. The van der Waals surface area contributed by atoms with E-state index in [2.05, 4.69) is 15.4 Å². The number of halogens is 6. The Morgan fingerprint density at radius 1 is 1.09 bits per heavy atom. The van der Waals surface area contributed by atoms with Crippen LogP contribution in [0.5, 0.6) is 0 Å². The number of hydrogen-bond acceptors (Lipinski definition) is 6. The van der Waals surface area contributed by atoms with Crippen LogP contribution < -0.4 is 16.0 Å². The Labute approximate surface area is 249 Å². The first-order valence-electron chi connectivity index (χ1n) is 14.8. The quantitative estimate of drug-likeness (QED) is 0.181. The molecule has 3 saturated heterocycles. The van der Waals surface area contributed by atoms with Crippen molar-refractivity contribution in [2.75, 3.05) is 13.2 Å². The Balaban J connectivity index is 1.64. The van der Waals surface area contributed by atoms with E-state index in [9.17, 15) is 41.5 Å². The van der Waals surface area contributed by atoms with E-state index >= 15 is 8.78 Å². The van der Waals surface area contributed by atoms with Crippen LogP contribution in [-0.4, -0.2) is 83.9 Å². The van der Waals surface area contributed by atoms with Gasteiger partial charge < -0.3 is 25.6 Å². The van der Waals surface area contributed by atoms with Crippen molar-refractivity contribution >= 4 is 29.6 Å². The maximum absolute atomic E-state index is 15.2. The van der Waals surface area contributed by atoms with Gasteiger partial charge in [0.2, 0.25) is 23.5 Å². The Hall–Kier alpha value is -3.33. The lowest BCUT2D eigenvalue weighted by Crippen LogP contribution is -2.71. The van der Waals surface area contributed by atoms with Gasteiger partial charge in [0, 0.05) is 24.9 Å². The molecule has 5 fully saturated rings. The zero-order chi connectivity index (χ0) is 32.4. The van der Waals surface area contributed by atoms with Crippen LogP contribution in [0.2, 0.25) is 0 Å². The average Bonchev–Trinajstić information content (AvgIpc) is 3.31. The Morgan fingerprint density at radius 2 is 1.80 bits per heavy atom. The second-order valence-electron chi connectivity index (χ2n) is 11.9. The van der Waals surface area contributed by atoms with Crippen molar-refractivity contribution < 1.29 is 55.1 Å². The largest absolute Gasteiger partial charge is 0.471 e. The van der Waals surface area contributed by atoms with Gasteiger partial charge in [0.1, 0.15) is 12.1 Å². The molecule has 16 heteroatoms. The second kappa shape index (κ2) is 13.3. The molecule has 5 aliphatic rings. The molecule has 0 radical (unpaired) electrons. The monoisotopic (exact) mass is 638 g/mol. The summed E-state index contributed by atoms with van der Waals surface area (Å²) in [6.07, 6.45) is -3.60. The maximum Gasteiger partial charge on any atom is 0.471 e. The molecule has 246 valence electrons. The molecule has 3 heterocycles. The molecule has 2 saturated carbocycles. The van der Waals surface area contributed by atoms with Crippen LogP contribution in [0.3, 0.4) is 0 Å². The lowest BCUT2D eigenvalue weighted by Gasteiger charge is -2.54. The highest BCUT2D eigenvalue weighted by Crippen LogP contribution is 2.49. The predicted molar refractivity (Wildman–Crippen MR) is 140 cm³/mol. The van der Waals surface area contributed by atoms with E-state index in [1.165, 1.54) is 6.92 Å². The number of hydrogen-bond donors (Lipinski definition) is 3. The molecule has 3 aliphatic heterocycles. The molecule has 0 aromatic carbocycles. The summed E-state index contributed by atoms with van der Waals surface area (Å²) < 4.78 is 89.1. The van der Waals surface area contributed by atoms with Gasteiger partial charge >= 0.3 is 18.1 Å². The van der Waals surface area contributed by atoms with Crippen molar-refractivity contribution in [1.82, 2.24) is 20.9 Å². The average molecular weight is 639 g/mol. The zero-order valence-electron chi connectivity index (χ0n) is 24.1. The minimum absolute atomic E-state index is 0.0577. The number of carbonyl (C=O) groups excluding carboxylic acids is 5. The van der Waals surface area contributed by atoms with Crippen molar-refractivity contribution in [1.29, 1.82) is 0 Å². The summed E-state index contributed by atoms with van der Waals surface area (Å²) in [5.41, 5.74) is 0. The molecule has 0 spiro atoms. The maximum atomic E-state index is 15.2. The number of nitrogens with zero attached hydrogens (tertiary/aromatic N) is 1. The van der Waals surface area contributed by atoms with Crippen molar-refractivity contribution in [2.24, 2.45) is 17.8 Å². The molecule has 6 atom stereocenters. The van der Waals surface area contributed by atoms with E-state index in [0.29, 0.717) is 31.9 Å². The molecule has 0 aromatic rings. The topological polar surface area (TPSA) is 134 Å². The van der Waals surface area contributed by atoms with Crippen LogP contribution in [0.1, 0.15) is 64.7 Å². The molecule has 3 N–H and O–H groups in total. The van der Waals surface area contributed by atoms with E-state index in [-0.39, 0.29) is 38.2 Å². The van der Waals surface area contributed by atoms with Crippen molar-refractivity contribution in [3.8, 4) is 0 Å². The standard InChI is InChI=1S/C28H36F6N4O6/c1-2-44-25(42)19(29)12-16(11-15-8-9-35-22(15)39)36-23(40)21-18-7-6-17(13-27(18,30)31)38(21)24(41)20(10-14-4-3-5-14)37-26(43)28(32,33)34/h12,14-18,20-21H,2-11,13H2,1H3,(H,35,39)(H,36,40)(H,37,43)/b19-12-/t15-,16+,17-,18-,20-,21+/m0/s1. The lowest BCUT2D eigenvalue weighted by atomic mass is 9.71. The molecule has 0 unspecified atom stereocenters. The van der Waals surface area contributed by atoms with Crippen LogP contribution in [0.4, 0.5) is 26.3 Å². The number of esters is 1. The van der Waals surface area contributed by atoms with Gasteiger partial charge in [-0.2, -0.15) is 17.6 Å². The van der Waals surface area contributed by atoms with E-state index < -0.39 is 89.9 Å². The summed E-state index contributed by atoms with van der Waals surface area (Å²) in [5, 5.41) is 6.69. The van der Waals surface area contributed by atoms with Crippen molar-refractivity contribution in [2.45, 2.75) is 101 Å². The summed E-state index contributed by atoms with van der Waals surface area (Å²) in [4.78, 5) is 64.4. The molecule has 44 heavy (non-hydrogen) atoms. The highest BCUT2D eigenvalue weighted by molar-refractivity contribution is 5.94. The number of carbonyl (C=O) groups is 5. The SMILES string of the molecule is CCOC(=O)/C(F)=C/[C@@H](C[C@@H]1CCNC1=O)NC(=O)[C@H]1[C@@H]2CC[C@@H](CC2(F)F)N1C(=O)[C@H](CC1CCC1)NC(=O)C(F)(F)F. The summed E-state index contributed by atoms with van der Waals surface area (Å²) in [5.74, 6) is -13.7. The van der Waals surface area contributed by atoms with Crippen LogP contribution in [-0.2, 0) is 28.7 Å². The van der Waals surface area contributed by atoms with Crippen molar-refractivity contribution in [3.05, 3.63) is 11.9 Å². The first-order chi connectivity index (χ1) is 20.6. The highest BCUT2D eigenvalue weighted by atomic mass is 19.4. The fourth-order valence-corrected chi connectivity index (χ4v) is 6.59. The van der Waals surface area contributed by atoms with Crippen molar-refractivity contribution in [3.63, 3.8) is 0 Å². The molecular weight excluding hydrogens is 602 g/mol. The summed E-state index contributed by atoms with van der Waals surface area (Å²) >= 11 is 0. The van der Waals surface area contributed by atoms with Gasteiger partial charge in [-0.05, 0) is 51.0 Å². The Morgan fingerprint density at radius 3 is 2.34 bits per heavy atom. The normalized spacial score (nSPS) is 28.0. The first-order valence-corrected chi connectivity index (χ1v) is 14.8. The Kier molecular flexibility index (Phi) is 10.2.